The van der Waals surface area contributed by atoms with Gasteiger partial charge in [-0.15, -0.1) is 0 Å². The number of carbonyl (C=O) groups is 1. The molecule has 192 valence electrons. The highest BCUT2D eigenvalue weighted by atomic mass is 16.5. The Balaban J connectivity index is 1.16. The third kappa shape index (κ3) is 2.91. The van der Waals surface area contributed by atoms with Crippen molar-refractivity contribution < 1.29 is 19.7 Å². The van der Waals surface area contributed by atoms with E-state index in [2.05, 4.69) is 23.1 Å². The first-order valence-electron chi connectivity index (χ1n) is 14.0. The minimum absolute atomic E-state index is 0.0536. The Kier molecular flexibility index (Phi) is 4.56. The van der Waals surface area contributed by atoms with E-state index in [1.807, 2.05) is 29.2 Å². The first kappa shape index (κ1) is 22.2. The molecule has 2 aromatic carbocycles. The Morgan fingerprint density at radius 3 is 2.70 bits per heavy atom. The highest BCUT2D eigenvalue weighted by Crippen LogP contribution is 2.66. The second kappa shape index (κ2) is 7.61. The van der Waals surface area contributed by atoms with Crippen molar-refractivity contribution in [2.24, 2.45) is 5.92 Å². The number of carbonyl (C=O) groups excluding carboxylic acids is 1. The van der Waals surface area contributed by atoms with Gasteiger partial charge in [-0.1, -0.05) is 42.5 Å². The predicted molar refractivity (Wildman–Crippen MR) is 139 cm³/mol. The molecule has 2 aromatic rings. The Bertz CT molecular complexity index is 1320. The van der Waals surface area contributed by atoms with Gasteiger partial charge in [-0.05, 0) is 68.2 Å². The fourth-order valence-corrected chi connectivity index (χ4v) is 8.59. The van der Waals surface area contributed by atoms with Crippen molar-refractivity contribution in [2.45, 2.75) is 74.1 Å². The molecular formula is C31H34N2O4. The van der Waals surface area contributed by atoms with Gasteiger partial charge in [0, 0.05) is 36.7 Å². The van der Waals surface area contributed by atoms with E-state index in [1.54, 1.807) is 6.07 Å². The van der Waals surface area contributed by atoms with Crippen LogP contribution in [0.2, 0.25) is 0 Å². The predicted octanol–water partition coefficient (Wildman–Crippen LogP) is 3.34. The van der Waals surface area contributed by atoms with Crippen LogP contribution >= 0.6 is 0 Å². The third-order valence-electron chi connectivity index (χ3n) is 10.4. The van der Waals surface area contributed by atoms with Crippen LogP contribution in [0.1, 0.15) is 48.8 Å². The SMILES string of the molecule is O=C1C(Cc2ccccc2)=CCN1[C@@H]1CC[C@@]2(O)[C@H]3Cc4ccc(O)c5c4[C@@]2(CCN3CC2CC2)[C@H]1O5. The van der Waals surface area contributed by atoms with Crippen LogP contribution in [0.4, 0.5) is 0 Å². The van der Waals surface area contributed by atoms with Gasteiger partial charge in [0.15, 0.2) is 11.5 Å². The first-order valence-corrected chi connectivity index (χ1v) is 14.0. The number of rotatable bonds is 5. The maximum atomic E-state index is 13.7. The Labute approximate surface area is 217 Å². The molecule has 1 spiro atoms. The number of benzene rings is 2. The number of piperidine rings is 1. The van der Waals surface area contributed by atoms with Gasteiger partial charge in [0.25, 0.3) is 5.91 Å². The summed E-state index contributed by atoms with van der Waals surface area (Å²) in [6.07, 6.45) is 7.88. The lowest BCUT2D eigenvalue weighted by Crippen LogP contribution is -2.78. The summed E-state index contributed by atoms with van der Waals surface area (Å²) in [4.78, 5) is 18.2. The van der Waals surface area contributed by atoms with E-state index in [9.17, 15) is 15.0 Å². The molecular weight excluding hydrogens is 464 g/mol. The van der Waals surface area contributed by atoms with Gasteiger partial charge in [0.05, 0.1) is 17.1 Å². The zero-order chi connectivity index (χ0) is 24.9. The Hall–Kier alpha value is -2.83. The van der Waals surface area contributed by atoms with Crippen molar-refractivity contribution in [1.29, 1.82) is 0 Å². The summed E-state index contributed by atoms with van der Waals surface area (Å²) in [5.74, 6) is 1.54. The summed E-state index contributed by atoms with van der Waals surface area (Å²) >= 11 is 0. The summed E-state index contributed by atoms with van der Waals surface area (Å²) in [5.41, 5.74) is 2.68. The second-order valence-electron chi connectivity index (χ2n) is 12.2. The van der Waals surface area contributed by atoms with E-state index < -0.39 is 11.0 Å². The van der Waals surface area contributed by atoms with E-state index in [0.717, 1.165) is 48.5 Å². The molecule has 37 heavy (non-hydrogen) atoms. The van der Waals surface area contributed by atoms with Crippen LogP contribution in [0.5, 0.6) is 11.5 Å². The van der Waals surface area contributed by atoms with Crippen LogP contribution < -0.4 is 4.74 Å². The van der Waals surface area contributed by atoms with Crippen LogP contribution in [0.3, 0.4) is 0 Å². The molecule has 5 atom stereocenters. The topological polar surface area (TPSA) is 73.2 Å². The Morgan fingerprint density at radius 2 is 1.89 bits per heavy atom. The van der Waals surface area contributed by atoms with Gasteiger partial charge < -0.3 is 19.8 Å². The zero-order valence-electron chi connectivity index (χ0n) is 21.1. The highest BCUT2D eigenvalue weighted by Gasteiger charge is 2.73. The van der Waals surface area contributed by atoms with E-state index in [1.165, 1.54) is 18.4 Å². The molecule has 2 saturated carbocycles. The van der Waals surface area contributed by atoms with Crippen molar-refractivity contribution in [3.05, 3.63) is 70.8 Å². The smallest absolute Gasteiger partial charge is 0.250 e. The number of hydrogen-bond acceptors (Lipinski definition) is 5. The van der Waals surface area contributed by atoms with E-state index in [4.69, 9.17) is 4.74 Å². The van der Waals surface area contributed by atoms with Crippen molar-refractivity contribution in [2.75, 3.05) is 19.6 Å². The number of aliphatic hydroxyl groups is 1. The van der Waals surface area contributed by atoms with Crippen LogP contribution in [-0.4, -0.2) is 69.3 Å². The number of phenols is 1. The number of likely N-dealkylation sites (tertiary alicyclic amines) is 1. The number of aromatic hydroxyl groups is 1. The number of ether oxygens (including phenoxy) is 1. The number of amides is 1. The maximum Gasteiger partial charge on any atom is 0.250 e. The van der Waals surface area contributed by atoms with Crippen LogP contribution in [0.25, 0.3) is 0 Å². The molecule has 3 aliphatic carbocycles. The first-order chi connectivity index (χ1) is 18.0. The van der Waals surface area contributed by atoms with Gasteiger partial charge in [-0.25, -0.2) is 0 Å². The lowest BCUT2D eigenvalue weighted by Gasteiger charge is -2.64. The molecule has 3 fully saturated rings. The standard InChI is InChI=1S/C31H34N2O4/c34-24-9-8-21-17-25-31(36)12-10-23(33-14-11-22(29(33)35)16-19-4-2-1-3-5-19)28-30(31,26(21)27(24)37-28)13-15-32(25)18-20-6-7-20/h1-5,8-9,11,20,23,25,28,34,36H,6-7,10,12-18H2/t23-,25-,28+,30+,31-/m1/s1. The van der Waals surface area contributed by atoms with Crippen molar-refractivity contribution in [3.63, 3.8) is 0 Å². The minimum atomic E-state index is -0.920. The van der Waals surface area contributed by atoms with Gasteiger partial charge in [0.1, 0.15) is 6.10 Å². The Morgan fingerprint density at radius 1 is 1.05 bits per heavy atom. The maximum absolute atomic E-state index is 13.7. The molecule has 6 nitrogen and oxygen atoms in total. The zero-order valence-corrected chi connectivity index (χ0v) is 21.1. The molecule has 0 aromatic heterocycles. The van der Waals surface area contributed by atoms with Gasteiger partial charge in [-0.3, -0.25) is 9.69 Å². The third-order valence-corrected chi connectivity index (χ3v) is 10.4. The summed E-state index contributed by atoms with van der Waals surface area (Å²) in [6.45, 7) is 2.57. The molecule has 6 heteroatoms. The average Bonchev–Trinajstić information content (AvgIpc) is 3.55. The second-order valence-corrected chi connectivity index (χ2v) is 12.2. The molecule has 6 aliphatic rings. The molecule has 0 radical (unpaired) electrons. The molecule has 1 amide bonds. The molecule has 3 aliphatic heterocycles. The van der Waals surface area contributed by atoms with Crippen LogP contribution in [0.15, 0.2) is 54.1 Å². The summed E-state index contributed by atoms with van der Waals surface area (Å²) in [6, 6.07) is 13.9. The molecule has 3 heterocycles. The molecule has 1 saturated heterocycles. The lowest BCUT2D eigenvalue weighted by molar-refractivity contribution is -0.200. The molecule has 2 bridgehead atoms. The van der Waals surface area contributed by atoms with Gasteiger partial charge >= 0.3 is 0 Å². The van der Waals surface area contributed by atoms with Crippen LogP contribution in [-0.2, 0) is 23.1 Å². The van der Waals surface area contributed by atoms with E-state index in [-0.39, 0.29) is 29.8 Å². The largest absolute Gasteiger partial charge is 0.504 e. The molecule has 2 N–H and O–H groups in total. The minimum Gasteiger partial charge on any atom is -0.504 e. The fraction of sp³-hybridized carbons (Fsp3) is 0.516. The lowest BCUT2D eigenvalue weighted by atomic mass is 9.48. The van der Waals surface area contributed by atoms with Gasteiger partial charge in [0.2, 0.25) is 0 Å². The highest BCUT2D eigenvalue weighted by molar-refractivity contribution is 5.96. The fourth-order valence-electron chi connectivity index (χ4n) is 8.59. The normalized spacial score (nSPS) is 35.8. The molecule has 8 rings (SSSR count). The molecule has 0 unspecified atom stereocenters. The van der Waals surface area contributed by atoms with Crippen molar-refractivity contribution in [1.82, 2.24) is 9.80 Å². The quantitative estimate of drug-likeness (QED) is 0.662. The van der Waals surface area contributed by atoms with E-state index >= 15 is 0 Å². The van der Waals surface area contributed by atoms with Crippen molar-refractivity contribution in [3.8, 4) is 11.5 Å². The number of nitrogens with zero attached hydrogens (tertiary/aromatic N) is 2. The monoisotopic (exact) mass is 498 g/mol. The average molecular weight is 499 g/mol. The summed E-state index contributed by atoms with van der Waals surface area (Å²) in [7, 11) is 0. The van der Waals surface area contributed by atoms with Gasteiger partial charge in [-0.2, -0.15) is 0 Å². The van der Waals surface area contributed by atoms with Crippen LogP contribution in [0, 0.1) is 5.92 Å². The number of phenolic OH excluding ortho intramolecular Hbond substituents is 1. The van der Waals surface area contributed by atoms with Crippen molar-refractivity contribution >= 4 is 5.91 Å². The number of hydrogen-bond donors (Lipinski definition) is 2. The summed E-state index contributed by atoms with van der Waals surface area (Å²) in [5, 5.41) is 23.5. The van der Waals surface area contributed by atoms with E-state index in [0.29, 0.717) is 31.6 Å². The summed E-state index contributed by atoms with van der Waals surface area (Å²) < 4.78 is 6.68.